The molecule has 0 aromatic carbocycles. The van der Waals surface area contributed by atoms with Gasteiger partial charge in [0.15, 0.2) is 0 Å². The SMILES string of the molecule is O=C(NC1COC1)[C@H]1CCCN1. The molecule has 1 atom stereocenters. The van der Waals surface area contributed by atoms with E-state index in [1.54, 1.807) is 0 Å². The van der Waals surface area contributed by atoms with Gasteiger partial charge >= 0.3 is 0 Å². The van der Waals surface area contributed by atoms with Gasteiger partial charge < -0.3 is 15.4 Å². The quantitative estimate of drug-likeness (QED) is 0.573. The normalized spacial score (nSPS) is 29.8. The molecule has 1 amide bonds. The number of hydrogen-bond acceptors (Lipinski definition) is 3. The summed E-state index contributed by atoms with van der Waals surface area (Å²) in [6.45, 7) is 2.33. The van der Waals surface area contributed by atoms with Crippen LogP contribution in [0.4, 0.5) is 0 Å². The van der Waals surface area contributed by atoms with E-state index >= 15 is 0 Å². The van der Waals surface area contributed by atoms with Crippen LogP contribution < -0.4 is 10.6 Å². The van der Waals surface area contributed by atoms with Crippen molar-refractivity contribution in [1.29, 1.82) is 0 Å². The molecule has 2 N–H and O–H groups in total. The first-order valence-electron chi connectivity index (χ1n) is 4.48. The minimum atomic E-state index is 0.0469. The van der Waals surface area contributed by atoms with Crippen molar-refractivity contribution in [2.24, 2.45) is 0 Å². The second-order valence-corrected chi connectivity index (χ2v) is 3.39. The van der Waals surface area contributed by atoms with E-state index in [4.69, 9.17) is 4.74 Å². The second kappa shape index (κ2) is 3.41. The highest BCUT2D eigenvalue weighted by molar-refractivity contribution is 5.82. The number of carbonyl (C=O) groups excluding carboxylic acids is 1. The average molecular weight is 170 g/mol. The maximum Gasteiger partial charge on any atom is 0.237 e. The van der Waals surface area contributed by atoms with Gasteiger partial charge in [-0.2, -0.15) is 0 Å². The van der Waals surface area contributed by atoms with Crippen molar-refractivity contribution < 1.29 is 9.53 Å². The zero-order chi connectivity index (χ0) is 8.39. The Balaban J connectivity index is 1.74. The van der Waals surface area contributed by atoms with Gasteiger partial charge in [-0.1, -0.05) is 0 Å². The summed E-state index contributed by atoms with van der Waals surface area (Å²) in [6, 6.07) is 0.311. The number of hydrogen-bond donors (Lipinski definition) is 2. The van der Waals surface area contributed by atoms with Crippen molar-refractivity contribution in [3.05, 3.63) is 0 Å². The van der Waals surface area contributed by atoms with Gasteiger partial charge in [0.25, 0.3) is 0 Å². The maximum atomic E-state index is 11.4. The first-order valence-corrected chi connectivity index (χ1v) is 4.48. The molecule has 0 saturated carbocycles. The largest absolute Gasteiger partial charge is 0.377 e. The summed E-state index contributed by atoms with van der Waals surface area (Å²) in [4.78, 5) is 11.4. The van der Waals surface area contributed by atoms with E-state index < -0.39 is 0 Å². The zero-order valence-corrected chi connectivity index (χ0v) is 7.01. The van der Waals surface area contributed by atoms with Gasteiger partial charge in [0.05, 0.1) is 25.3 Å². The zero-order valence-electron chi connectivity index (χ0n) is 7.01. The predicted molar refractivity (Wildman–Crippen MR) is 43.8 cm³/mol. The Morgan fingerprint density at radius 1 is 1.50 bits per heavy atom. The molecule has 2 rings (SSSR count). The molecular weight excluding hydrogens is 156 g/mol. The van der Waals surface area contributed by atoms with Crippen molar-refractivity contribution in [3.63, 3.8) is 0 Å². The summed E-state index contributed by atoms with van der Waals surface area (Å²) >= 11 is 0. The number of nitrogens with one attached hydrogen (secondary N) is 2. The van der Waals surface area contributed by atoms with Crippen LogP contribution in [-0.2, 0) is 9.53 Å². The Hall–Kier alpha value is -0.610. The maximum absolute atomic E-state index is 11.4. The Labute approximate surface area is 71.7 Å². The van der Waals surface area contributed by atoms with E-state index in [9.17, 15) is 4.79 Å². The third kappa shape index (κ3) is 1.59. The highest BCUT2D eigenvalue weighted by Crippen LogP contribution is 2.06. The molecule has 4 heteroatoms. The summed E-state index contributed by atoms with van der Waals surface area (Å²) in [7, 11) is 0. The van der Waals surface area contributed by atoms with Crippen molar-refractivity contribution in [3.8, 4) is 0 Å². The molecule has 68 valence electrons. The molecule has 2 aliphatic rings. The lowest BCUT2D eigenvalue weighted by atomic mass is 10.2. The highest BCUT2D eigenvalue weighted by atomic mass is 16.5. The molecule has 2 heterocycles. The number of rotatable bonds is 2. The Morgan fingerprint density at radius 2 is 2.33 bits per heavy atom. The van der Waals surface area contributed by atoms with Crippen molar-refractivity contribution in [2.75, 3.05) is 19.8 Å². The lowest BCUT2D eigenvalue weighted by Gasteiger charge is -2.27. The van der Waals surface area contributed by atoms with Crippen LogP contribution in [0.1, 0.15) is 12.8 Å². The number of ether oxygens (including phenoxy) is 1. The van der Waals surface area contributed by atoms with Crippen LogP contribution in [-0.4, -0.2) is 37.7 Å². The van der Waals surface area contributed by atoms with E-state index in [2.05, 4.69) is 10.6 Å². The van der Waals surface area contributed by atoms with Crippen LogP contribution in [0.3, 0.4) is 0 Å². The number of amides is 1. The molecule has 4 nitrogen and oxygen atoms in total. The molecule has 2 saturated heterocycles. The topological polar surface area (TPSA) is 50.4 Å². The lowest BCUT2D eigenvalue weighted by molar-refractivity contribution is -0.126. The van der Waals surface area contributed by atoms with Crippen LogP contribution in [0.2, 0.25) is 0 Å². The second-order valence-electron chi connectivity index (χ2n) is 3.39. The molecule has 0 aromatic heterocycles. The molecule has 0 aromatic rings. The molecule has 0 unspecified atom stereocenters. The van der Waals surface area contributed by atoms with E-state index in [0.717, 1.165) is 19.4 Å². The molecule has 2 aliphatic heterocycles. The smallest absolute Gasteiger partial charge is 0.237 e. The Kier molecular flexibility index (Phi) is 2.28. The van der Waals surface area contributed by atoms with Crippen molar-refractivity contribution >= 4 is 5.91 Å². The van der Waals surface area contributed by atoms with Gasteiger partial charge in [-0.3, -0.25) is 4.79 Å². The highest BCUT2D eigenvalue weighted by Gasteiger charge is 2.26. The summed E-state index contributed by atoms with van der Waals surface area (Å²) in [5.41, 5.74) is 0. The van der Waals surface area contributed by atoms with Gasteiger partial charge in [0.2, 0.25) is 5.91 Å². The molecule has 0 spiro atoms. The standard InChI is InChI=1S/C8H14N2O2/c11-8(7-2-1-3-9-7)10-6-4-12-5-6/h6-7,9H,1-5H2,(H,10,11)/t7-/m1/s1. The van der Waals surface area contributed by atoms with Gasteiger partial charge in [0.1, 0.15) is 0 Å². The fraction of sp³-hybridized carbons (Fsp3) is 0.875. The third-order valence-corrected chi connectivity index (χ3v) is 2.36. The monoisotopic (exact) mass is 170 g/mol. The first-order chi connectivity index (χ1) is 5.86. The minimum absolute atomic E-state index is 0.0469. The Bertz CT molecular complexity index is 174. The van der Waals surface area contributed by atoms with Crippen LogP contribution in [0.15, 0.2) is 0 Å². The lowest BCUT2D eigenvalue weighted by Crippen LogP contribution is -2.53. The minimum Gasteiger partial charge on any atom is -0.377 e. The molecule has 12 heavy (non-hydrogen) atoms. The van der Waals surface area contributed by atoms with E-state index in [0.29, 0.717) is 13.2 Å². The van der Waals surface area contributed by atoms with Crippen LogP contribution in [0, 0.1) is 0 Å². The molecule has 0 bridgehead atoms. The van der Waals surface area contributed by atoms with Crippen molar-refractivity contribution in [1.82, 2.24) is 10.6 Å². The van der Waals surface area contributed by atoms with Crippen LogP contribution >= 0.6 is 0 Å². The average Bonchev–Trinajstić information content (AvgIpc) is 2.47. The van der Waals surface area contributed by atoms with E-state index in [-0.39, 0.29) is 18.0 Å². The van der Waals surface area contributed by atoms with Gasteiger partial charge in [-0.25, -0.2) is 0 Å². The van der Waals surface area contributed by atoms with Gasteiger partial charge in [-0.05, 0) is 19.4 Å². The van der Waals surface area contributed by atoms with Crippen molar-refractivity contribution in [2.45, 2.75) is 24.9 Å². The van der Waals surface area contributed by atoms with Gasteiger partial charge in [-0.15, -0.1) is 0 Å². The molecule has 0 radical (unpaired) electrons. The molecule has 2 fully saturated rings. The van der Waals surface area contributed by atoms with Crippen LogP contribution in [0.25, 0.3) is 0 Å². The van der Waals surface area contributed by atoms with E-state index in [1.165, 1.54) is 0 Å². The summed E-state index contributed by atoms with van der Waals surface area (Å²) < 4.78 is 4.96. The molecular formula is C8H14N2O2. The molecule has 0 aliphatic carbocycles. The van der Waals surface area contributed by atoms with Gasteiger partial charge in [0, 0.05) is 0 Å². The van der Waals surface area contributed by atoms with Crippen LogP contribution in [0.5, 0.6) is 0 Å². The predicted octanol–water partition coefficient (Wildman–Crippen LogP) is -0.747. The summed E-state index contributed by atoms with van der Waals surface area (Å²) in [5, 5.41) is 6.09. The summed E-state index contributed by atoms with van der Waals surface area (Å²) in [5.74, 6) is 0.140. The summed E-state index contributed by atoms with van der Waals surface area (Å²) in [6.07, 6.45) is 2.08. The number of carbonyl (C=O) groups is 1. The Morgan fingerprint density at radius 3 is 2.83 bits per heavy atom. The first kappa shape index (κ1) is 8.01. The third-order valence-electron chi connectivity index (χ3n) is 2.36. The van der Waals surface area contributed by atoms with E-state index in [1.807, 2.05) is 0 Å². The fourth-order valence-corrected chi connectivity index (χ4v) is 1.53. The fourth-order valence-electron chi connectivity index (χ4n) is 1.53.